The number of alkyl halides is 3. The Morgan fingerprint density at radius 1 is 1.10 bits per heavy atom. The van der Waals surface area contributed by atoms with Gasteiger partial charge in [0.05, 0.1) is 6.33 Å². The second kappa shape index (κ2) is 7.69. The maximum Gasteiger partial charge on any atom is 0.573 e. The first kappa shape index (κ1) is 21.4. The molecule has 1 aliphatic heterocycles. The van der Waals surface area contributed by atoms with Gasteiger partial charge in [-0.15, -0.1) is 13.2 Å². The molecule has 164 valence electrons. The molecule has 1 atom stereocenters. The van der Waals surface area contributed by atoms with E-state index in [0.29, 0.717) is 30.8 Å². The number of imidazole rings is 1. The molecular weight excluding hydrogens is 407 g/mol. The monoisotopic (exact) mass is 431 g/mol. The fraction of sp³-hybridized carbons (Fsp3) is 0.348. The first-order valence-electron chi connectivity index (χ1n) is 9.91. The Kier molecular flexibility index (Phi) is 5.31. The molecule has 0 saturated carbocycles. The van der Waals surface area contributed by atoms with Gasteiger partial charge in [0.1, 0.15) is 11.4 Å². The Hall–Kier alpha value is -2.84. The molecule has 0 radical (unpaired) electrons. The summed E-state index contributed by atoms with van der Waals surface area (Å²) in [4.78, 5) is 6.16. The SMILES string of the molecule is CN1CC(C)(C(O)(c2ccc(OC(F)(F)F)cc2)c2cccc(Cn3ccnc3)c2)C1. The molecule has 2 heterocycles. The van der Waals surface area contributed by atoms with Crippen LogP contribution in [0.15, 0.2) is 67.3 Å². The van der Waals surface area contributed by atoms with Gasteiger partial charge >= 0.3 is 6.36 Å². The van der Waals surface area contributed by atoms with Crippen LogP contribution in [0.4, 0.5) is 13.2 Å². The predicted molar refractivity (Wildman–Crippen MR) is 109 cm³/mol. The van der Waals surface area contributed by atoms with Crippen LogP contribution in [-0.4, -0.2) is 46.1 Å². The number of nitrogens with zero attached hydrogens (tertiary/aromatic N) is 3. The van der Waals surface area contributed by atoms with Crippen molar-refractivity contribution in [3.63, 3.8) is 0 Å². The summed E-state index contributed by atoms with van der Waals surface area (Å²) in [5.74, 6) is -0.316. The molecule has 8 heteroatoms. The zero-order valence-electron chi connectivity index (χ0n) is 17.3. The van der Waals surface area contributed by atoms with E-state index in [1.807, 2.05) is 49.0 Å². The zero-order chi connectivity index (χ0) is 22.3. The molecule has 4 rings (SSSR count). The highest BCUT2D eigenvalue weighted by molar-refractivity contribution is 5.43. The summed E-state index contributed by atoms with van der Waals surface area (Å²) in [5.41, 5.74) is 0.313. The van der Waals surface area contributed by atoms with Gasteiger partial charge in [-0.05, 0) is 35.9 Å². The number of hydrogen-bond donors (Lipinski definition) is 1. The Morgan fingerprint density at radius 2 is 1.81 bits per heavy atom. The van der Waals surface area contributed by atoms with Crippen molar-refractivity contribution in [2.24, 2.45) is 5.41 Å². The number of halogens is 3. The predicted octanol–water partition coefficient (Wildman–Crippen LogP) is 4.02. The number of aromatic nitrogens is 2. The number of rotatable bonds is 6. The Balaban J connectivity index is 1.73. The van der Waals surface area contributed by atoms with Crippen LogP contribution in [0, 0.1) is 5.41 Å². The summed E-state index contributed by atoms with van der Waals surface area (Å²) < 4.78 is 43.6. The van der Waals surface area contributed by atoms with Crippen molar-refractivity contribution < 1.29 is 23.0 Å². The van der Waals surface area contributed by atoms with Crippen molar-refractivity contribution in [3.8, 4) is 5.75 Å². The first-order chi connectivity index (χ1) is 14.6. The van der Waals surface area contributed by atoms with Crippen LogP contribution in [0.2, 0.25) is 0 Å². The van der Waals surface area contributed by atoms with Crippen molar-refractivity contribution >= 4 is 0 Å². The van der Waals surface area contributed by atoms with Gasteiger partial charge in [0.25, 0.3) is 0 Å². The van der Waals surface area contributed by atoms with Gasteiger partial charge in [-0.3, -0.25) is 0 Å². The van der Waals surface area contributed by atoms with Crippen LogP contribution < -0.4 is 4.74 Å². The van der Waals surface area contributed by atoms with E-state index < -0.39 is 17.4 Å². The van der Waals surface area contributed by atoms with Gasteiger partial charge in [-0.1, -0.05) is 43.3 Å². The number of hydrogen-bond acceptors (Lipinski definition) is 4. The molecule has 1 N–H and O–H groups in total. The van der Waals surface area contributed by atoms with Gasteiger partial charge in [-0.25, -0.2) is 4.98 Å². The van der Waals surface area contributed by atoms with E-state index in [0.717, 1.165) is 5.56 Å². The molecular formula is C23H24F3N3O2. The van der Waals surface area contributed by atoms with Crippen molar-refractivity contribution in [1.29, 1.82) is 0 Å². The summed E-state index contributed by atoms with van der Waals surface area (Å²) in [6, 6.07) is 13.2. The molecule has 0 aliphatic carbocycles. The van der Waals surface area contributed by atoms with E-state index >= 15 is 0 Å². The van der Waals surface area contributed by atoms with Gasteiger partial charge in [-0.2, -0.15) is 0 Å². The van der Waals surface area contributed by atoms with Crippen LogP contribution in [-0.2, 0) is 12.1 Å². The third kappa shape index (κ3) is 4.18. The molecule has 2 aromatic carbocycles. The molecule has 0 bridgehead atoms. The van der Waals surface area contributed by atoms with Crippen LogP contribution in [0.25, 0.3) is 0 Å². The molecule has 1 aliphatic rings. The van der Waals surface area contributed by atoms with Gasteiger partial charge in [0.15, 0.2) is 0 Å². The minimum atomic E-state index is -4.76. The quantitative estimate of drug-likeness (QED) is 0.641. The summed E-state index contributed by atoms with van der Waals surface area (Å²) in [5, 5.41) is 12.1. The lowest BCUT2D eigenvalue weighted by atomic mass is 9.62. The standard InChI is InChI=1S/C23H24F3N3O2/c1-21(14-28(2)15-21)22(30,18-6-8-20(9-7-18)31-23(24,25)26)19-5-3-4-17(12-19)13-29-11-10-27-16-29/h3-12,16,30H,13-15H2,1-2H3. The van der Waals surface area contributed by atoms with Gasteiger partial charge < -0.3 is 19.3 Å². The van der Waals surface area contributed by atoms with Gasteiger partial charge in [0, 0.05) is 37.4 Å². The second-order valence-electron chi connectivity index (χ2n) is 8.45. The molecule has 1 saturated heterocycles. The van der Waals surface area contributed by atoms with E-state index in [1.165, 1.54) is 24.3 Å². The van der Waals surface area contributed by atoms with E-state index in [4.69, 9.17) is 0 Å². The molecule has 1 fully saturated rings. The summed E-state index contributed by atoms with van der Waals surface area (Å²) in [6.07, 6.45) is 0.527. The van der Waals surface area contributed by atoms with Crippen molar-refractivity contribution in [3.05, 3.63) is 83.9 Å². The fourth-order valence-electron chi connectivity index (χ4n) is 4.62. The first-order valence-corrected chi connectivity index (χ1v) is 9.91. The average Bonchev–Trinajstić information content (AvgIpc) is 3.19. The van der Waals surface area contributed by atoms with E-state index in [-0.39, 0.29) is 5.75 Å². The zero-order valence-corrected chi connectivity index (χ0v) is 17.3. The topological polar surface area (TPSA) is 50.5 Å². The van der Waals surface area contributed by atoms with Crippen molar-refractivity contribution in [1.82, 2.24) is 14.5 Å². The largest absolute Gasteiger partial charge is 0.573 e. The highest BCUT2D eigenvalue weighted by atomic mass is 19.4. The highest BCUT2D eigenvalue weighted by Crippen LogP contribution is 2.50. The minimum absolute atomic E-state index is 0.316. The number of aliphatic hydroxyl groups is 1. The van der Waals surface area contributed by atoms with Crippen LogP contribution >= 0.6 is 0 Å². The lowest BCUT2D eigenvalue weighted by Gasteiger charge is -2.56. The van der Waals surface area contributed by atoms with E-state index in [2.05, 4.69) is 14.6 Å². The third-order valence-electron chi connectivity index (χ3n) is 5.89. The molecule has 1 unspecified atom stereocenters. The highest BCUT2D eigenvalue weighted by Gasteiger charge is 2.55. The normalized spacial score (nSPS) is 18.3. The molecule has 0 spiro atoms. The number of ether oxygens (including phenoxy) is 1. The maximum atomic E-state index is 12.6. The maximum absolute atomic E-state index is 12.6. The molecule has 3 aromatic rings. The average molecular weight is 431 g/mol. The Labute approximate surface area is 178 Å². The second-order valence-corrected chi connectivity index (χ2v) is 8.45. The Bertz CT molecular complexity index is 1030. The smallest absolute Gasteiger partial charge is 0.406 e. The lowest BCUT2D eigenvalue weighted by molar-refractivity contribution is -0.274. The summed E-state index contributed by atoms with van der Waals surface area (Å²) in [6.45, 7) is 3.89. The van der Waals surface area contributed by atoms with Crippen molar-refractivity contribution in [2.75, 3.05) is 20.1 Å². The van der Waals surface area contributed by atoms with Crippen LogP contribution in [0.3, 0.4) is 0 Å². The minimum Gasteiger partial charge on any atom is -0.406 e. The fourth-order valence-corrected chi connectivity index (χ4v) is 4.62. The van der Waals surface area contributed by atoms with E-state index in [1.54, 1.807) is 12.5 Å². The van der Waals surface area contributed by atoms with E-state index in [9.17, 15) is 18.3 Å². The molecule has 0 amide bonds. The number of likely N-dealkylation sites (tertiary alicyclic amines) is 1. The molecule has 31 heavy (non-hydrogen) atoms. The van der Waals surface area contributed by atoms with Crippen molar-refractivity contribution in [2.45, 2.75) is 25.4 Å². The number of benzene rings is 2. The van der Waals surface area contributed by atoms with Crippen LogP contribution in [0.1, 0.15) is 23.6 Å². The summed E-state index contributed by atoms with van der Waals surface area (Å²) in [7, 11) is 1.97. The summed E-state index contributed by atoms with van der Waals surface area (Å²) >= 11 is 0. The van der Waals surface area contributed by atoms with Gasteiger partial charge in [0.2, 0.25) is 0 Å². The lowest BCUT2D eigenvalue weighted by Crippen LogP contribution is -2.63. The molecule has 5 nitrogen and oxygen atoms in total. The Morgan fingerprint density at radius 3 is 2.39 bits per heavy atom. The third-order valence-corrected chi connectivity index (χ3v) is 5.89. The van der Waals surface area contributed by atoms with Crippen LogP contribution in [0.5, 0.6) is 5.75 Å². The molecule has 1 aromatic heterocycles.